The van der Waals surface area contributed by atoms with Crippen LogP contribution >= 0.6 is 0 Å². The van der Waals surface area contributed by atoms with E-state index >= 15 is 0 Å². The van der Waals surface area contributed by atoms with Crippen molar-refractivity contribution in [3.8, 4) is 6.07 Å². The van der Waals surface area contributed by atoms with Gasteiger partial charge in [0, 0.05) is 19.2 Å². The zero-order valence-corrected chi connectivity index (χ0v) is 12.1. The molecule has 0 radical (unpaired) electrons. The van der Waals surface area contributed by atoms with Crippen LogP contribution in [0, 0.1) is 17.2 Å². The number of hydrogen-bond acceptors (Lipinski definition) is 3. The van der Waals surface area contributed by atoms with Crippen molar-refractivity contribution in [2.45, 2.75) is 33.2 Å². The minimum absolute atomic E-state index is 0.279. The van der Waals surface area contributed by atoms with Crippen molar-refractivity contribution in [2.24, 2.45) is 5.92 Å². The number of nitriles is 1. The quantitative estimate of drug-likeness (QED) is 0.730. The molecule has 0 aliphatic carbocycles. The molecule has 1 atom stereocenters. The third-order valence-electron chi connectivity index (χ3n) is 3.08. The smallest absolute Gasteiger partial charge is 0.0991 e. The molecule has 1 aromatic rings. The van der Waals surface area contributed by atoms with Crippen LogP contribution in [-0.4, -0.2) is 19.8 Å². The molecule has 0 spiro atoms. The molecule has 0 fully saturated rings. The number of benzene rings is 1. The Kier molecular flexibility index (Phi) is 7.17. The number of ether oxygens (including phenoxy) is 1. The van der Waals surface area contributed by atoms with Gasteiger partial charge in [0.25, 0.3) is 0 Å². The first-order valence-electron chi connectivity index (χ1n) is 6.94. The van der Waals surface area contributed by atoms with Gasteiger partial charge in [-0.3, -0.25) is 0 Å². The minimum Gasteiger partial charge on any atom is -0.380 e. The van der Waals surface area contributed by atoms with E-state index in [9.17, 15) is 0 Å². The van der Waals surface area contributed by atoms with Gasteiger partial charge in [-0.25, -0.2) is 0 Å². The van der Waals surface area contributed by atoms with Crippen LogP contribution in [0.5, 0.6) is 0 Å². The normalized spacial score (nSPS) is 12.4. The molecule has 1 rings (SSSR count). The van der Waals surface area contributed by atoms with E-state index in [0.29, 0.717) is 11.5 Å². The molecule has 0 saturated carbocycles. The highest BCUT2D eigenvalue weighted by atomic mass is 16.5. The van der Waals surface area contributed by atoms with Gasteiger partial charge in [-0.2, -0.15) is 5.26 Å². The Morgan fingerprint density at radius 2 is 1.84 bits per heavy atom. The van der Waals surface area contributed by atoms with Crippen molar-refractivity contribution in [3.05, 3.63) is 35.4 Å². The third-order valence-corrected chi connectivity index (χ3v) is 3.08. The summed E-state index contributed by atoms with van der Waals surface area (Å²) in [6.45, 7) is 8.95. The fourth-order valence-electron chi connectivity index (χ4n) is 1.73. The molecule has 0 aliphatic heterocycles. The fraction of sp³-hybridized carbons (Fsp3) is 0.562. The zero-order chi connectivity index (χ0) is 14.1. The molecule has 3 heteroatoms. The van der Waals surface area contributed by atoms with Crippen LogP contribution in [0.4, 0.5) is 0 Å². The van der Waals surface area contributed by atoms with Gasteiger partial charge in [0.2, 0.25) is 0 Å². The first-order chi connectivity index (χ1) is 9.13. The van der Waals surface area contributed by atoms with E-state index in [1.165, 1.54) is 5.56 Å². The first kappa shape index (κ1) is 15.7. The van der Waals surface area contributed by atoms with E-state index in [4.69, 9.17) is 10.00 Å². The lowest BCUT2D eigenvalue weighted by Gasteiger charge is -2.14. The zero-order valence-electron chi connectivity index (χ0n) is 12.1. The van der Waals surface area contributed by atoms with E-state index in [0.717, 1.165) is 26.2 Å². The van der Waals surface area contributed by atoms with Crippen LogP contribution in [0.1, 0.15) is 44.4 Å². The second kappa shape index (κ2) is 8.68. The summed E-state index contributed by atoms with van der Waals surface area (Å²) in [6, 6.07) is 10.1. The van der Waals surface area contributed by atoms with Crippen LogP contribution in [-0.2, 0) is 4.74 Å². The van der Waals surface area contributed by atoms with E-state index in [2.05, 4.69) is 32.2 Å². The molecule has 1 aromatic carbocycles. The maximum Gasteiger partial charge on any atom is 0.0991 e. The highest BCUT2D eigenvalue weighted by Gasteiger charge is 2.04. The summed E-state index contributed by atoms with van der Waals surface area (Å²) >= 11 is 0. The van der Waals surface area contributed by atoms with Gasteiger partial charge in [-0.1, -0.05) is 26.0 Å². The van der Waals surface area contributed by atoms with E-state index < -0.39 is 0 Å². The molecule has 0 amide bonds. The molecule has 3 nitrogen and oxygen atoms in total. The summed E-state index contributed by atoms with van der Waals surface area (Å²) in [5.74, 6) is 0.700. The van der Waals surface area contributed by atoms with Gasteiger partial charge in [0.1, 0.15) is 0 Å². The maximum absolute atomic E-state index is 8.75. The van der Waals surface area contributed by atoms with Gasteiger partial charge in [-0.15, -0.1) is 0 Å². The van der Waals surface area contributed by atoms with Crippen molar-refractivity contribution in [3.63, 3.8) is 0 Å². The Morgan fingerprint density at radius 1 is 1.16 bits per heavy atom. The van der Waals surface area contributed by atoms with Crippen LogP contribution < -0.4 is 5.32 Å². The summed E-state index contributed by atoms with van der Waals surface area (Å²) in [7, 11) is 0. The number of rotatable bonds is 8. The molecule has 0 bridgehead atoms. The van der Waals surface area contributed by atoms with Gasteiger partial charge in [0.05, 0.1) is 18.2 Å². The third kappa shape index (κ3) is 6.37. The Bertz CT molecular complexity index is 392. The van der Waals surface area contributed by atoms with Gasteiger partial charge < -0.3 is 10.1 Å². The van der Waals surface area contributed by atoms with Crippen LogP contribution in [0.2, 0.25) is 0 Å². The van der Waals surface area contributed by atoms with Crippen LogP contribution in [0.3, 0.4) is 0 Å². The van der Waals surface area contributed by atoms with Gasteiger partial charge in [0.15, 0.2) is 0 Å². The monoisotopic (exact) mass is 260 g/mol. The van der Waals surface area contributed by atoms with Gasteiger partial charge in [-0.05, 0) is 37.0 Å². The number of nitrogens with one attached hydrogen (secondary N) is 1. The second-order valence-electron chi connectivity index (χ2n) is 5.20. The molecular weight excluding hydrogens is 236 g/mol. The van der Waals surface area contributed by atoms with E-state index in [1.54, 1.807) is 0 Å². The summed E-state index contributed by atoms with van der Waals surface area (Å²) < 4.78 is 5.56. The standard InChI is InChI=1S/C16H24N2O/c1-13(2)8-10-19-11-9-18-14(3)16-6-4-15(12-17)5-7-16/h4-7,13-14,18H,8-11H2,1-3H3. The highest BCUT2D eigenvalue weighted by Crippen LogP contribution is 2.12. The Hall–Kier alpha value is -1.37. The van der Waals surface area contributed by atoms with Gasteiger partial charge >= 0.3 is 0 Å². The number of hydrogen-bond donors (Lipinski definition) is 1. The Morgan fingerprint density at radius 3 is 2.42 bits per heavy atom. The lowest BCUT2D eigenvalue weighted by molar-refractivity contribution is 0.123. The summed E-state index contributed by atoms with van der Waals surface area (Å²) in [5.41, 5.74) is 1.90. The maximum atomic E-state index is 8.75. The van der Waals surface area contributed by atoms with Crippen molar-refractivity contribution < 1.29 is 4.74 Å². The molecule has 1 N–H and O–H groups in total. The van der Waals surface area contributed by atoms with Crippen molar-refractivity contribution in [2.75, 3.05) is 19.8 Å². The van der Waals surface area contributed by atoms with Crippen molar-refractivity contribution >= 4 is 0 Å². The Labute approximate surface area is 116 Å². The predicted octanol–water partition coefficient (Wildman–Crippen LogP) is 3.27. The number of nitrogens with zero attached hydrogens (tertiary/aromatic N) is 1. The second-order valence-corrected chi connectivity index (χ2v) is 5.20. The largest absolute Gasteiger partial charge is 0.380 e. The fourth-order valence-corrected chi connectivity index (χ4v) is 1.73. The highest BCUT2D eigenvalue weighted by molar-refractivity contribution is 5.32. The Balaban J connectivity index is 2.20. The molecule has 1 unspecified atom stereocenters. The SMILES string of the molecule is CC(C)CCOCCNC(C)c1ccc(C#N)cc1. The molecular formula is C16H24N2O. The molecule has 0 saturated heterocycles. The lowest BCUT2D eigenvalue weighted by Crippen LogP contribution is -2.23. The summed E-state index contributed by atoms with van der Waals surface area (Å²) in [4.78, 5) is 0. The molecule has 0 aliphatic rings. The van der Waals surface area contributed by atoms with Crippen molar-refractivity contribution in [1.29, 1.82) is 5.26 Å². The van der Waals surface area contributed by atoms with Crippen molar-refractivity contribution in [1.82, 2.24) is 5.32 Å². The van der Waals surface area contributed by atoms with Crippen LogP contribution in [0.15, 0.2) is 24.3 Å². The van der Waals surface area contributed by atoms with Crippen LogP contribution in [0.25, 0.3) is 0 Å². The minimum atomic E-state index is 0.279. The predicted molar refractivity (Wildman–Crippen MR) is 77.8 cm³/mol. The van der Waals surface area contributed by atoms with E-state index in [1.807, 2.05) is 24.3 Å². The topological polar surface area (TPSA) is 45.0 Å². The molecule has 19 heavy (non-hydrogen) atoms. The molecule has 104 valence electrons. The first-order valence-corrected chi connectivity index (χ1v) is 6.94. The molecule has 0 aromatic heterocycles. The summed E-state index contributed by atoms with van der Waals surface area (Å²) in [6.07, 6.45) is 1.12. The molecule has 0 heterocycles. The van der Waals surface area contributed by atoms with E-state index in [-0.39, 0.29) is 6.04 Å². The summed E-state index contributed by atoms with van der Waals surface area (Å²) in [5, 5.41) is 12.2. The average Bonchev–Trinajstić information content (AvgIpc) is 2.42. The lowest BCUT2D eigenvalue weighted by atomic mass is 10.1. The average molecular weight is 260 g/mol.